The van der Waals surface area contributed by atoms with Gasteiger partial charge >= 0.3 is 0 Å². The lowest BCUT2D eigenvalue weighted by molar-refractivity contribution is -0.119. The van der Waals surface area contributed by atoms with Crippen molar-refractivity contribution in [3.8, 4) is 0 Å². The predicted molar refractivity (Wildman–Crippen MR) is 78.6 cm³/mol. The van der Waals surface area contributed by atoms with E-state index < -0.39 is 0 Å². The molecule has 0 unspecified atom stereocenters. The third-order valence-corrected chi connectivity index (χ3v) is 3.00. The van der Waals surface area contributed by atoms with Crippen molar-refractivity contribution in [3.63, 3.8) is 0 Å². The summed E-state index contributed by atoms with van der Waals surface area (Å²) in [6.07, 6.45) is 0. The Kier molecular flexibility index (Phi) is 6.14. The van der Waals surface area contributed by atoms with Crippen molar-refractivity contribution >= 4 is 40.7 Å². The van der Waals surface area contributed by atoms with Crippen molar-refractivity contribution in [2.24, 2.45) is 5.84 Å². The van der Waals surface area contributed by atoms with E-state index in [0.717, 1.165) is 0 Å². The molecule has 0 bridgehead atoms. The fourth-order valence-electron chi connectivity index (χ4n) is 1.54. The lowest BCUT2D eigenvalue weighted by Gasteiger charge is -2.23. The van der Waals surface area contributed by atoms with Crippen LogP contribution in [0.3, 0.4) is 0 Å². The summed E-state index contributed by atoms with van der Waals surface area (Å²) >= 11 is 12.0. The molecule has 6 nitrogen and oxygen atoms in total. The Morgan fingerprint density at radius 3 is 2.63 bits per heavy atom. The van der Waals surface area contributed by atoms with Crippen molar-refractivity contribution in [1.82, 2.24) is 10.3 Å². The molecule has 0 fully saturated rings. The quantitative estimate of drug-likeness (QED) is 0.550. The van der Waals surface area contributed by atoms with Gasteiger partial charge in [0.05, 0.1) is 16.6 Å². The summed E-state index contributed by atoms with van der Waals surface area (Å²) in [6.45, 7) is 5.09. The first-order chi connectivity index (χ1) is 9.03. The highest BCUT2D eigenvalue weighted by atomic mass is 35.5. The van der Waals surface area contributed by atoms with Crippen LogP contribution in [0.25, 0.3) is 0 Å². The molecule has 0 atom stereocenters. The molecule has 1 aromatic heterocycles. The number of aromatic nitrogens is 1. The van der Waals surface area contributed by atoms with Crippen LogP contribution in [0.1, 0.15) is 13.8 Å². The van der Waals surface area contributed by atoms with Crippen LogP contribution >= 0.6 is 23.2 Å². The van der Waals surface area contributed by atoms with E-state index in [1.807, 2.05) is 13.8 Å². The van der Waals surface area contributed by atoms with E-state index in [9.17, 15) is 4.79 Å². The molecule has 0 saturated heterocycles. The van der Waals surface area contributed by atoms with Crippen LogP contribution in [0.5, 0.6) is 0 Å². The van der Waals surface area contributed by atoms with E-state index in [0.29, 0.717) is 34.8 Å². The summed E-state index contributed by atoms with van der Waals surface area (Å²) in [6, 6.07) is 1.54. The molecule has 0 aliphatic heterocycles. The number of nitrogen functional groups attached to an aromatic ring is 1. The molecule has 0 aliphatic rings. The van der Waals surface area contributed by atoms with Gasteiger partial charge in [-0.15, -0.1) is 0 Å². The number of likely N-dealkylation sites (N-methyl/N-ethyl adjacent to an activating group) is 2. The van der Waals surface area contributed by atoms with Gasteiger partial charge in [0.15, 0.2) is 5.82 Å². The molecule has 0 aliphatic carbocycles. The maximum Gasteiger partial charge on any atom is 0.239 e. The molecule has 4 N–H and O–H groups in total. The Morgan fingerprint density at radius 1 is 1.42 bits per heavy atom. The predicted octanol–water partition coefficient (Wildman–Crippen LogP) is 1.64. The monoisotopic (exact) mass is 305 g/mol. The summed E-state index contributed by atoms with van der Waals surface area (Å²) in [5.41, 5.74) is 2.39. The highest BCUT2D eigenvalue weighted by Gasteiger charge is 2.16. The molecule has 106 valence electrons. The summed E-state index contributed by atoms with van der Waals surface area (Å²) in [7, 11) is 0. The van der Waals surface area contributed by atoms with Gasteiger partial charge in [0.25, 0.3) is 0 Å². The number of halogens is 2. The van der Waals surface area contributed by atoms with Gasteiger partial charge in [-0.3, -0.25) is 4.79 Å². The molecule has 0 aromatic carbocycles. The minimum absolute atomic E-state index is 0.0978. The molecule has 0 saturated carbocycles. The highest BCUT2D eigenvalue weighted by Crippen LogP contribution is 2.30. The highest BCUT2D eigenvalue weighted by molar-refractivity contribution is 6.37. The van der Waals surface area contributed by atoms with Gasteiger partial charge < -0.3 is 15.6 Å². The van der Waals surface area contributed by atoms with Crippen LogP contribution in [0.2, 0.25) is 10.0 Å². The second kappa shape index (κ2) is 7.37. The fourth-order valence-corrected chi connectivity index (χ4v) is 2.08. The first kappa shape index (κ1) is 15.8. The van der Waals surface area contributed by atoms with E-state index in [-0.39, 0.29) is 12.5 Å². The van der Waals surface area contributed by atoms with Crippen molar-refractivity contribution in [3.05, 3.63) is 16.1 Å². The summed E-state index contributed by atoms with van der Waals surface area (Å²) in [5.74, 6) is 6.01. The topological polar surface area (TPSA) is 83.3 Å². The van der Waals surface area contributed by atoms with Crippen molar-refractivity contribution in [2.45, 2.75) is 13.8 Å². The van der Waals surface area contributed by atoms with Crippen molar-refractivity contribution < 1.29 is 4.79 Å². The van der Waals surface area contributed by atoms with Gasteiger partial charge in [-0.05, 0) is 19.9 Å². The van der Waals surface area contributed by atoms with Gasteiger partial charge in [-0.1, -0.05) is 23.2 Å². The number of nitrogens with one attached hydrogen (secondary N) is 2. The van der Waals surface area contributed by atoms with E-state index in [4.69, 9.17) is 29.0 Å². The molecule has 8 heteroatoms. The number of nitrogens with zero attached hydrogens (tertiary/aromatic N) is 2. The second-order valence-corrected chi connectivity index (χ2v) is 4.55. The number of hydrogen-bond acceptors (Lipinski definition) is 5. The number of carbonyl (C=O) groups is 1. The Bertz CT molecular complexity index is 455. The smallest absolute Gasteiger partial charge is 0.239 e. The SMILES string of the molecule is CCNC(=O)CN(CC)c1nc(NN)c(Cl)cc1Cl. The third-order valence-electron chi connectivity index (χ3n) is 2.44. The van der Waals surface area contributed by atoms with Crippen molar-refractivity contribution in [1.29, 1.82) is 0 Å². The Balaban J connectivity index is 3.00. The largest absolute Gasteiger partial charge is 0.355 e. The third kappa shape index (κ3) is 4.12. The maximum atomic E-state index is 11.6. The first-order valence-corrected chi connectivity index (χ1v) is 6.63. The van der Waals surface area contributed by atoms with Gasteiger partial charge in [-0.25, -0.2) is 10.8 Å². The standard InChI is InChI=1S/C11H17Cl2N5O/c1-3-15-9(19)6-18(4-2)11-8(13)5-7(12)10(16-11)17-14/h5H,3-4,6,14H2,1-2H3,(H,15,19)(H,16,17). The van der Waals surface area contributed by atoms with Crippen LogP contribution in [-0.4, -0.2) is 30.5 Å². The average molecular weight is 306 g/mol. The van der Waals surface area contributed by atoms with Crippen LogP contribution in [-0.2, 0) is 4.79 Å². The first-order valence-electron chi connectivity index (χ1n) is 5.87. The second-order valence-electron chi connectivity index (χ2n) is 3.74. The zero-order valence-electron chi connectivity index (χ0n) is 10.8. The minimum atomic E-state index is -0.0978. The number of hydrogen-bond donors (Lipinski definition) is 3. The lowest BCUT2D eigenvalue weighted by Crippen LogP contribution is -2.37. The molecule has 1 rings (SSSR count). The van der Waals surface area contributed by atoms with Gasteiger partial charge in [0, 0.05) is 13.1 Å². The molecular formula is C11H17Cl2N5O. The Hall–Kier alpha value is -1.24. The summed E-state index contributed by atoms with van der Waals surface area (Å²) < 4.78 is 0. The summed E-state index contributed by atoms with van der Waals surface area (Å²) in [5, 5.41) is 3.42. The number of anilines is 2. The minimum Gasteiger partial charge on any atom is -0.355 e. The maximum absolute atomic E-state index is 11.6. The fraction of sp³-hybridized carbons (Fsp3) is 0.455. The number of rotatable bonds is 6. The number of carbonyl (C=O) groups excluding carboxylic acids is 1. The Labute approximate surface area is 122 Å². The number of pyridine rings is 1. The molecule has 19 heavy (non-hydrogen) atoms. The van der Waals surface area contributed by atoms with Crippen LogP contribution in [0.4, 0.5) is 11.6 Å². The van der Waals surface area contributed by atoms with Gasteiger partial charge in [0.1, 0.15) is 5.82 Å². The Morgan fingerprint density at radius 2 is 2.11 bits per heavy atom. The molecule has 1 heterocycles. The summed E-state index contributed by atoms with van der Waals surface area (Å²) in [4.78, 5) is 17.6. The molecule has 0 spiro atoms. The van der Waals surface area contributed by atoms with Crippen LogP contribution in [0.15, 0.2) is 6.07 Å². The van der Waals surface area contributed by atoms with E-state index in [1.54, 1.807) is 11.0 Å². The molecule has 1 amide bonds. The normalized spacial score (nSPS) is 10.2. The zero-order valence-corrected chi connectivity index (χ0v) is 12.3. The van der Waals surface area contributed by atoms with E-state index >= 15 is 0 Å². The van der Waals surface area contributed by atoms with E-state index in [2.05, 4.69) is 15.7 Å². The van der Waals surface area contributed by atoms with Gasteiger partial charge in [0.2, 0.25) is 5.91 Å². The molecule has 1 aromatic rings. The van der Waals surface area contributed by atoms with Gasteiger partial charge in [-0.2, -0.15) is 0 Å². The zero-order chi connectivity index (χ0) is 14.4. The lowest BCUT2D eigenvalue weighted by atomic mass is 10.3. The number of hydrazine groups is 1. The molecule has 0 radical (unpaired) electrons. The van der Waals surface area contributed by atoms with E-state index in [1.165, 1.54) is 0 Å². The molecular weight excluding hydrogens is 289 g/mol. The van der Waals surface area contributed by atoms with Crippen molar-refractivity contribution in [2.75, 3.05) is 30.0 Å². The van der Waals surface area contributed by atoms with Crippen LogP contribution in [0, 0.1) is 0 Å². The number of amides is 1. The average Bonchev–Trinajstić information content (AvgIpc) is 2.37. The van der Waals surface area contributed by atoms with Crippen LogP contribution < -0.4 is 21.5 Å². The number of nitrogens with two attached hydrogens (primary N) is 1.